The van der Waals surface area contributed by atoms with E-state index in [-0.39, 0.29) is 25.5 Å². The summed E-state index contributed by atoms with van der Waals surface area (Å²) < 4.78 is 23.2. The Kier molecular flexibility index (Phi) is 33.4. The molecule has 0 aliphatic carbocycles. The maximum absolute atomic E-state index is 12.8. The van der Waals surface area contributed by atoms with Gasteiger partial charge in [-0.3, -0.25) is 9.36 Å². The van der Waals surface area contributed by atoms with Gasteiger partial charge in [0.1, 0.15) is 13.2 Å². The number of aliphatic hydroxyl groups is 2. The number of nitrogens with one attached hydrogen (secondary N) is 1. The summed E-state index contributed by atoms with van der Waals surface area (Å²) in [5.41, 5.74) is 0. The number of likely N-dealkylation sites (N-methyl/N-ethyl adjacent to an activating group) is 1. The van der Waals surface area contributed by atoms with Gasteiger partial charge < -0.3 is 34.0 Å². The van der Waals surface area contributed by atoms with Crippen LogP contribution in [0.4, 0.5) is 0 Å². The maximum Gasteiger partial charge on any atom is 0.268 e. The molecular formula is C43H79N2O7P. The van der Waals surface area contributed by atoms with Crippen molar-refractivity contribution in [3.05, 3.63) is 60.8 Å². The van der Waals surface area contributed by atoms with Crippen LogP contribution in [0, 0.1) is 0 Å². The molecule has 1 amide bonds. The third kappa shape index (κ3) is 36.9. The van der Waals surface area contributed by atoms with Crippen LogP contribution in [0.15, 0.2) is 60.8 Å². The van der Waals surface area contributed by atoms with Crippen LogP contribution in [0.3, 0.4) is 0 Å². The number of rotatable bonds is 36. The van der Waals surface area contributed by atoms with Gasteiger partial charge >= 0.3 is 0 Å². The van der Waals surface area contributed by atoms with Gasteiger partial charge in [-0.15, -0.1) is 0 Å². The van der Waals surface area contributed by atoms with Crippen molar-refractivity contribution < 1.29 is 38.0 Å². The number of carbonyl (C=O) groups is 1. The van der Waals surface area contributed by atoms with Crippen molar-refractivity contribution >= 4 is 13.7 Å². The lowest BCUT2D eigenvalue weighted by Gasteiger charge is -2.30. The van der Waals surface area contributed by atoms with Crippen LogP contribution in [0.2, 0.25) is 0 Å². The van der Waals surface area contributed by atoms with Crippen LogP contribution >= 0.6 is 7.82 Å². The molecule has 0 spiro atoms. The van der Waals surface area contributed by atoms with E-state index in [1.807, 2.05) is 58.4 Å². The van der Waals surface area contributed by atoms with Gasteiger partial charge in [-0.1, -0.05) is 158 Å². The Morgan fingerprint density at radius 3 is 1.92 bits per heavy atom. The number of hydrogen-bond donors (Lipinski definition) is 3. The molecule has 9 nitrogen and oxygen atoms in total. The summed E-state index contributed by atoms with van der Waals surface area (Å²) >= 11 is 0. The molecule has 0 aromatic carbocycles. The van der Waals surface area contributed by atoms with E-state index in [2.05, 4.69) is 42.6 Å². The first-order chi connectivity index (χ1) is 25.4. The fourth-order valence-electron chi connectivity index (χ4n) is 5.51. The fraction of sp³-hybridized carbons (Fsp3) is 0.744. The number of nitrogens with zero attached hydrogens (tertiary/aromatic N) is 1. The minimum Gasteiger partial charge on any atom is -0.756 e. The van der Waals surface area contributed by atoms with E-state index in [0.717, 1.165) is 44.9 Å². The molecule has 0 rings (SSSR count). The highest BCUT2D eigenvalue weighted by Crippen LogP contribution is 2.38. The summed E-state index contributed by atoms with van der Waals surface area (Å²) in [4.78, 5) is 25.2. The fourth-order valence-corrected chi connectivity index (χ4v) is 6.23. The summed E-state index contributed by atoms with van der Waals surface area (Å²) in [5.74, 6) is -0.240. The molecule has 0 aromatic heterocycles. The second-order valence-electron chi connectivity index (χ2n) is 15.2. The van der Waals surface area contributed by atoms with E-state index < -0.39 is 26.1 Å². The van der Waals surface area contributed by atoms with E-state index in [1.54, 1.807) is 0 Å². The predicted molar refractivity (Wildman–Crippen MR) is 220 cm³/mol. The van der Waals surface area contributed by atoms with Crippen molar-refractivity contribution in [2.75, 3.05) is 40.9 Å². The normalized spacial score (nSPS) is 15.7. The van der Waals surface area contributed by atoms with Gasteiger partial charge in [-0.25, -0.2) is 0 Å². The number of amides is 1. The first-order valence-electron chi connectivity index (χ1n) is 20.7. The lowest BCUT2D eigenvalue weighted by Crippen LogP contribution is -2.46. The topological polar surface area (TPSA) is 128 Å². The second kappa shape index (κ2) is 34.6. The van der Waals surface area contributed by atoms with Gasteiger partial charge in [0.15, 0.2) is 0 Å². The molecule has 3 N–H and O–H groups in total. The van der Waals surface area contributed by atoms with Crippen LogP contribution in [-0.2, 0) is 18.4 Å². The van der Waals surface area contributed by atoms with Gasteiger partial charge in [0.05, 0.1) is 46.0 Å². The molecule has 0 fully saturated rings. The van der Waals surface area contributed by atoms with Crippen molar-refractivity contribution in [2.45, 2.75) is 167 Å². The highest BCUT2D eigenvalue weighted by molar-refractivity contribution is 7.45. The smallest absolute Gasteiger partial charge is 0.268 e. The van der Waals surface area contributed by atoms with E-state index in [0.29, 0.717) is 30.3 Å². The molecule has 0 bridgehead atoms. The molecule has 0 heterocycles. The zero-order chi connectivity index (χ0) is 39.5. The average Bonchev–Trinajstić information content (AvgIpc) is 3.10. The first-order valence-corrected chi connectivity index (χ1v) is 22.2. The van der Waals surface area contributed by atoms with E-state index in [1.165, 1.54) is 64.2 Å². The predicted octanol–water partition coefficient (Wildman–Crippen LogP) is 9.41. The number of allylic oxidation sites excluding steroid dienone is 8. The molecule has 4 atom stereocenters. The van der Waals surface area contributed by atoms with Crippen molar-refractivity contribution in [3.8, 4) is 0 Å². The number of unbranched alkanes of at least 4 members (excludes halogenated alkanes) is 13. The van der Waals surface area contributed by atoms with Crippen LogP contribution < -0.4 is 10.2 Å². The molecule has 0 aromatic rings. The average molecular weight is 767 g/mol. The second-order valence-corrected chi connectivity index (χ2v) is 16.6. The molecule has 0 aliphatic rings. The summed E-state index contributed by atoms with van der Waals surface area (Å²) in [6.07, 6.45) is 40.0. The number of aliphatic hydroxyl groups excluding tert-OH is 2. The first kappa shape index (κ1) is 51.2. The number of quaternary nitrogens is 1. The zero-order valence-electron chi connectivity index (χ0n) is 34.3. The summed E-state index contributed by atoms with van der Waals surface area (Å²) in [5, 5.41) is 23.6. The lowest BCUT2D eigenvalue weighted by atomic mass is 10.0. The molecule has 0 saturated heterocycles. The highest BCUT2D eigenvalue weighted by Gasteiger charge is 2.24. The Morgan fingerprint density at radius 2 is 1.32 bits per heavy atom. The highest BCUT2D eigenvalue weighted by atomic mass is 31.2. The molecule has 0 saturated carbocycles. The van der Waals surface area contributed by atoms with Gasteiger partial charge in [0, 0.05) is 6.42 Å². The van der Waals surface area contributed by atoms with Crippen molar-refractivity contribution in [1.29, 1.82) is 0 Å². The van der Waals surface area contributed by atoms with Crippen molar-refractivity contribution in [1.82, 2.24) is 5.32 Å². The Bertz CT molecular complexity index is 1070. The number of phosphoric acid groups is 1. The van der Waals surface area contributed by atoms with Crippen LogP contribution in [0.1, 0.15) is 149 Å². The molecule has 10 heteroatoms. The minimum atomic E-state index is -4.59. The largest absolute Gasteiger partial charge is 0.756 e. The van der Waals surface area contributed by atoms with Gasteiger partial charge in [0.2, 0.25) is 5.91 Å². The van der Waals surface area contributed by atoms with Crippen LogP contribution in [0.25, 0.3) is 0 Å². The summed E-state index contributed by atoms with van der Waals surface area (Å²) in [6.45, 7) is 4.40. The van der Waals surface area contributed by atoms with Crippen LogP contribution in [-0.4, -0.2) is 79.8 Å². The molecular weight excluding hydrogens is 687 g/mol. The third-order valence-corrected chi connectivity index (χ3v) is 9.81. The van der Waals surface area contributed by atoms with Crippen LogP contribution in [0.5, 0.6) is 0 Å². The Labute approximate surface area is 324 Å². The molecule has 0 radical (unpaired) electrons. The molecule has 308 valence electrons. The van der Waals surface area contributed by atoms with E-state index in [4.69, 9.17) is 9.05 Å². The third-order valence-electron chi connectivity index (χ3n) is 8.85. The van der Waals surface area contributed by atoms with E-state index in [9.17, 15) is 24.5 Å². The molecule has 2 unspecified atom stereocenters. The number of carbonyl (C=O) groups excluding carboxylic acids is 1. The number of hydrogen-bond acceptors (Lipinski definition) is 7. The van der Waals surface area contributed by atoms with Crippen molar-refractivity contribution in [2.24, 2.45) is 0 Å². The number of phosphoric ester groups is 1. The quantitative estimate of drug-likeness (QED) is 0.0191. The Balaban J connectivity index is 4.57. The SMILES string of the molecule is CC/C=C\C(O)C/C=C/C=C\C/C=C\C/C=C\CCCC(=O)N[C@@H](COP(=O)([O-])OCC[N+](C)(C)C)[C@H](O)CCCCCCCCCCCCCCC. The summed E-state index contributed by atoms with van der Waals surface area (Å²) in [6, 6.07) is -0.844. The lowest BCUT2D eigenvalue weighted by molar-refractivity contribution is -0.870. The molecule has 0 aliphatic heterocycles. The summed E-state index contributed by atoms with van der Waals surface area (Å²) in [7, 11) is 1.23. The maximum atomic E-state index is 12.8. The van der Waals surface area contributed by atoms with Gasteiger partial charge in [-0.2, -0.15) is 0 Å². The van der Waals surface area contributed by atoms with Gasteiger partial charge in [0.25, 0.3) is 7.82 Å². The van der Waals surface area contributed by atoms with Crippen molar-refractivity contribution in [3.63, 3.8) is 0 Å². The Hall–Kier alpha value is -1.84. The monoisotopic (exact) mass is 767 g/mol. The minimum absolute atomic E-state index is 0.00909. The zero-order valence-corrected chi connectivity index (χ0v) is 35.2. The van der Waals surface area contributed by atoms with Gasteiger partial charge in [-0.05, 0) is 44.9 Å². The molecule has 53 heavy (non-hydrogen) atoms. The standard InChI is InChI=1S/C43H79N2O7P/c1-6-8-10-11-12-13-14-15-19-22-25-28-31-35-42(47)41(39-52-53(49,50)51-38-37-45(3,4)5)44-43(48)36-32-29-26-23-20-17-16-18-21-24-27-30-34-40(46)33-9-7-2/h9,16-17,21,23-24,26-27,30,33,40-42,46-47H,6-8,10-15,18-20,22,25,28-29,31-32,34-39H2,1-5H3,(H-,44,48,49,50)/b17-16-,24-21-,26-23-,30-27+,33-9-/t40?,41-,42+/m0/s1. The Morgan fingerprint density at radius 1 is 0.755 bits per heavy atom. The van der Waals surface area contributed by atoms with E-state index >= 15 is 0 Å².